The molecule has 2 aromatic rings. The molecule has 0 aromatic heterocycles. The van der Waals surface area contributed by atoms with E-state index in [0.717, 1.165) is 12.8 Å². The molecule has 0 fully saturated rings. The van der Waals surface area contributed by atoms with E-state index in [1.54, 1.807) is 84.0 Å². The first-order valence-electron chi connectivity index (χ1n) is 18.7. The number of fused-ring (bicyclic) bond motifs is 6. The molecule has 3 aliphatic rings. The fraction of sp³-hybridized carbons (Fsp3) is 0.476. The Morgan fingerprint density at radius 1 is 1.00 bits per heavy atom. The predicted octanol–water partition coefficient (Wildman–Crippen LogP) is 6.06. The molecule has 300 valence electrons. The van der Waals surface area contributed by atoms with Gasteiger partial charge in [0.1, 0.15) is 29.6 Å². The first-order chi connectivity index (χ1) is 26.5. The number of hydrogen-bond acceptors (Lipinski definition) is 12. The minimum Gasteiger partial charge on any atom is -0.485 e. The first-order valence-corrected chi connectivity index (χ1v) is 19.2. The maximum Gasteiger partial charge on any atom is 0.339 e. The van der Waals surface area contributed by atoms with E-state index in [-0.39, 0.29) is 37.7 Å². The summed E-state index contributed by atoms with van der Waals surface area (Å²) >= 11 is 5.53. The Labute approximate surface area is 332 Å². The number of aldehydes is 1. The van der Waals surface area contributed by atoms with Crippen LogP contribution in [-0.2, 0) is 39.0 Å². The first kappa shape index (κ1) is 42.1. The van der Waals surface area contributed by atoms with E-state index >= 15 is 0 Å². The van der Waals surface area contributed by atoms with Gasteiger partial charge in [-0.25, -0.2) is 4.79 Å². The number of esters is 4. The quantitative estimate of drug-likeness (QED) is 0.0503. The van der Waals surface area contributed by atoms with Crippen LogP contribution < -0.4 is 20.1 Å². The lowest BCUT2D eigenvalue weighted by atomic mass is 9.70. The summed E-state index contributed by atoms with van der Waals surface area (Å²) in [6.07, 6.45) is 7.39. The number of unbranched alkanes of at least 4 members (excludes halogenated alkanes) is 1. The molecule has 0 amide bonds. The molecule has 3 N–H and O–H groups in total. The number of rotatable bonds is 14. The van der Waals surface area contributed by atoms with Crippen LogP contribution in [0.2, 0.25) is 0 Å². The van der Waals surface area contributed by atoms with E-state index < -0.39 is 52.3 Å². The lowest BCUT2D eigenvalue weighted by Gasteiger charge is -2.45. The number of carbonyl (C=O) groups is 5. The predicted molar refractivity (Wildman–Crippen MR) is 210 cm³/mol. The van der Waals surface area contributed by atoms with E-state index in [9.17, 15) is 29.1 Å². The normalized spacial score (nSPS) is 19.9. The third-order valence-electron chi connectivity index (χ3n) is 9.56. The Morgan fingerprint density at radius 2 is 1.71 bits per heavy atom. The highest BCUT2D eigenvalue weighted by molar-refractivity contribution is 7.80. The minimum atomic E-state index is -1.33. The van der Waals surface area contributed by atoms with E-state index in [4.69, 9.17) is 35.9 Å². The van der Waals surface area contributed by atoms with Gasteiger partial charge in [-0.1, -0.05) is 18.6 Å². The Morgan fingerprint density at radius 3 is 2.41 bits per heavy atom. The van der Waals surface area contributed by atoms with Gasteiger partial charge in [-0.2, -0.15) is 0 Å². The SMILES string of the molecule is CC(C)(C)C(=O)OC1=CC2Oc3cc(OC(=O)C(C)(C)C)ccc3C3(OC(=O)c4cc(NC(=S)NCCCCC(CO)COC(=O)CCC=O)ccc43)C2C=C1. The lowest BCUT2D eigenvalue weighted by molar-refractivity contribution is -0.148. The van der Waals surface area contributed by atoms with Crippen molar-refractivity contribution in [3.63, 3.8) is 0 Å². The minimum absolute atomic E-state index is 0.0263. The summed E-state index contributed by atoms with van der Waals surface area (Å²) in [5, 5.41) is 16.3. The maximum absolute atomic E-state index is 13.8. The van der Waals surface area contributed by atoms with Crippen molar-refractivity contribution < 1.29 is 52.8 Å². The molecule has 0 radical (unpaired) electrons. The van der Waals surface area contributed by atoms with Gasteiger partial charge >= 0.3 is 23.9 Å². The summed E-state index contributed by atoms with van der Waals surface area (Å²) < 4.78 is 29.4. The van der Waals surface area contributed by atoms with Crippen LogP contribution in [0.3, 0.4) is 0 Å². The number of ether oxygens (including phenoxy) is 5. The molecule has 13 nitrogen and oxygen atoms in total. The molecule has 2 aromatic carbocycles. The van der Waals surface area contributed by atoms with E-state index in [1.807, 2.05) is 12.1 Å². The molecule has 4 atom stereocenters. The molecule has 2 heterocycles. The van der Waals surface area contributed by atoms with Crippen LogP contribution >= 0.6 is 12.2 Å². The molecule has 2 aliphatic heterocycles. The molecule has 0 bridgehead atoms. The Kier molecular flexibility index (Phi) is 13.1. The number of anilines is 1. The summed E-state index contributed by atoms with van der Waals surface area (Å²) in [6, 6.07) is 10.3. The zero-order valence-electron chi connectivity index (χ0n) is 32.6. The number of aliphatic hydroxyl groups excluding tert-OH is 1. The highest BCUT2D eigenvalue weighted by atomic mass is 32.1. The summed E-state index contributed by atoms with van der Waals surface area (Å²) in [5.41, 5.74) is -0.768. The Bertz CT molecular complexity index is 1930. The number of allylic oxidation sites excluding steroid dienone is 1. The lowest BCUT2D eigenvalue weighted by Crippen LogP contribution is -2.48. The van der Waals surface area contributed by atoms with Crippen molar-refractivity contribution in [3.8, 4) is 11.5 Å². The van der Waals surface area contributed by atoms with Gasteiger partial charge in [0.25, 0.3) is 0 Å². The summed E-state index contributed by atoms with van der Waals surface area (Å²) in [6.45, 7) is 11.1. The molecule has 1 aliphatic carbocycles. The number of benzene rings is 2. The summed E-state index contributed by atoms with van der Waals surface area (Å²) in [5.74, 6) is -1.71. The van der Waals surface area contributed by atoms with Crippen molar-refractivity contribution in [3.05, 3.63) is 77.1 Å². The van der Waals surface area contributed by atoms with Crippen LogP contribution in [0.1, 0.15) is 95.1 Å². The van der Waals surface area contributed by atoms with Gasteiger partial charge in [0.05, 0.1) is 35.3 Å². The molecule has 1 spiro atoms. The van der Waals surface area contributed by atoms with Crippen molar-refractivity contribution in [1.29, 1.82) is 0 Å². The highest BCUT2D eigenvalue weighted by Crippen LogP contribution is 2.56. The van der Waals surface area contributed by atoms with Crippen LogP contribution in [0.15, 0.2) is 60.4 Å². The van der Waals surface area contributed by atoms with Gasteiger partial charge in [0.2, 0.25) is 0 Å². The van der Waals surface area contributed by atoms with Crippen LogP contribution in [0, 0.1) is 22.7 Å². The van der Waals surface area contributed by atoms with Crippen molar-refractivity contribution >= 4 is 53.2 Å². The average molecular weight is 791 g/mol. The Balaban J connectivity index is 1.32. The standard InChI is InChI=1S/C42H50N2O11S/c1-40(2,3)37(49)52-27-13-16-31-33(21-27)54-34-22-28(53-38(50)41(4,5)6)14-17-32(34)42(31)30-15-12-26(20-29(30)36(48)55-42)44-39(56)43-18-8-7-10-25(23-46)24-51-35(47)11-9-19-45/h12-17,19-22,25,31,33,46H,7-11,18,23-24H2,1-6H3,(H2,43,44,56). The molecular weight excluding hydrogens is 741 g/mol. The average Bonchev–Trinajstić information content (AvgIpc) is 3.42. The third-order valence-corrected chi connectivity index (χ3v) is 9.81. The zero-order chi connectivity index (χ0) is 40.8. The second-order valence-corrected chi connectivity index (χ2v) is 16.6. The number of aliphatic hydroxyl groups is 1. The van der Waals surface area contributed by atoms with Gasteiger partial charge in [0.15, 0.2) is 10.7 Å². The monoisotopic (exact) mass is 790 g/mol. The van der Waals surface area contributed by atoms with Crippen LogP contribution in [0.4, 0.5) is 5.69 Å². The molecule has 0 saturated carbocycles. The van der Waals surface area contributed by atoms with E-state index in [0.29, 0.717) is 58.3 Å². The van der Waals surface area contributed by atoms with E-state index in [2.05, 4.69) is 10.6 Å². The summed E-state index contributed by atoms with van der Waals surface area (Å²) in [7, 11) is 0. The Hall–Kier alpha value is -5.08. The van der Waals surface area contributed by atoms with Gasteiger partial charge < -0.3 is 44.2 Å². The third kappa shape index (κ3) is 9.65. The fourth-order valence-corrected chi connectivity index (χ4v) is 6.65. The number of nitrogens with one attached hydrogen (secondary N) is 2. The van der Waals surface area contributed by atoms with Crippen molar-refractivity contribution in [2.45, 2.75) is 85.4 Å². The van der Waals surface area contributed by atoms with Crippen molar-refractivity contribution in [1.82, 2.24) is 5.32 Å². The highest BCUT2D eigenvalue weighted by Gasteiger charge is 2.58. The molecule has 14 heteroatoms. The molecule has 4 unspecified atom stereocenters. The summed E-state index contributed by atoms with van der Waals surface area (Å²) in [4.78, 5) is 61.4. The number of thiocarbonyl (C=S) groups is 1. The van der Waals surface area contributed by atoms with Gasteiger partial charge in [-0.05, 0) is 103 Å². The largest absolute Gasteiger partial charge is 0.485 e. The smallest absolute Gasteiger partial charge is 0.339 e. The molecule has 0 saturated heterocycles. The van der Waals surface area contributed by atoms with Crippen molar-refractivity contribution in [2.24, 2.45) is 22.7 Å². The number of hydrogen-bond donors (Lipinski definition) is 3. The van der Waals surface area contributed by atoms with Crippen molar-refractivity contribution in [2.75, 3.05) is 25.1 Å². The van der Waals surface area contributed by atoms with Gasteiger partial charge in [-0.15, -0.1) is 0 Å². The number of carbonyl (C=O) groups excluding carboxylic acids is 5. The van der Waals surface area contributed by atoms with Gasteiger partial charge in [0, 0.05) is 48.4 Å². The topological polar surface area (TPSA) is 176 Å². The second kappa shape index (κ2) is 17.4. The van der Waals surface area contributed by atoms with E-state index in [1.165, 1.54) is 0 Å². The van der Waals surface area contributed by atoms with Gasteiger partial charge in [-0.3, -0.25) is 14.4 Å². The molecular formula is C42H50N2O11S. The fourth-order valence-electron chi connectivity index (χ4n) is 6.43. The second-order valence-electron chi connectivity index (χ2n) is 16.2. The molecule has 56 heavy (non-hydrogen) atoms. The maximum atomic E-state index is 13.8. The zero-order valence-corrected chi connectivity index (χ0v) is 33.4. The molecule has 5 rings (SSSR count). The van der Waals surface area contributed by atoms with Crippen LogP contribution in [0.25, 0.3) is 0 Å². The van der Waals surface area contributed by atoms with Crippen LogP contribution in [0.5, 0.6) is 11.5 Å². The van der Waals surface area contributed by atoms with Crippen LogP contribution in [-0.4, -0.2) is 66.2 Å².